The minimum absolute atomic E-state index is 0.190. The van der Waals surface area contributed by atoms with E-state index in [9.17, 15) is 4.79 Å². The summed E-state index contributed by atoms with van der Waals surface area (Å²) in [6.07, 6.45) is 3.47. The molecule has 2 heterocycles. The lowest BCUT2D eigenvalue weighted by atomic mass is 10.0. The van der Waals surface area contributed by atoms with Gasteiger partial charge >= 0.3 is 0 Å². The van der Waals surface area contributed by atoms with E-state index in [1.165, 1.54) is 11.3 Å². The molecule has 0 aliphatic carbocycles. The van der Waals surface area contributed by atoms with E-state index in [1.54, 1.807) is 24.4 Å². The molecule has 3 aromatic carbocycles. The number of carbonyl (C=O) groups excluding carboxylic acids is 1. The van der Waals surface area contributed by atoms with Crippen LogP contribution in [0.3, 0.4) is 0 Å². The molecule has 0 saturated carbocycles. The van der Waals surface area contributed by atoms with Gasteiger partial charge in [-0.3, -0.25) is 14.7 Å². The second-order valence-corrected chi connectivity index (χ2v) is 9.16. The number of halogens is 1. The maximum atomic E-state index is 14.0. The van der Waals surface area contributed by atoms with E-state index in [1.807, 2.05) is 67.6 Å². The first-order chi connectivity index (χ1) is 16.0. The molecule has 0 fully saturated rings. The van der Waals surface area contributed by atoms with Gasteiger partial charge in [-0.15, -0.1) is 0 Å². The van der Waals surface area contributed by atoms with Crippen molar-refractivity contribution in [3.05, 3.63) is 94.8 Å². The number of nitrogens with zero attached hydrogens (tertiary/aromatic N) is 3. The number of methoxy groups -OCH3 is 1. The monoisotopic (exact) mass is 473 g/mol. The Hall–Kier alpha value is -3.48. The topological polar surface area (TPSA) is 55.3 Å². The highest BCUT2D eigenvalue weighted by Gasteiger charge is 2.25. The van der Waals surface area contributed by atoms with Gasteiger partial charge in [0, 0.05) is 17.4 Å². The Balaban J connectivity index is 1.65. The van der Waals surface area contributed by atoms with E-state index in [0.717, 1.165) is 32.1 Å². The summed E-state index contributed by atoms with van der Waals surface area (Å²) in [5, 5.41) is 3.22. The van der Waals surface area contributed by atoms with E-state index in [2.05, 4.69) is 4.98 Å². The third-order valence-electron chi connectivity index (χ3n) is 5.48. The van der Waals surface area contributed by atoms with Gasteiger partial charge in [0.05, 0.1) is 29.4 Å². The van der Waals surface area contributed by atoms with Gasteiger partial charge in [-0.05, 0) is 59.2 Å². The first kappa shape index (κ1) is 21.4. The number of ether oxygens (including phenoxy) is 1. The normalized spacial score (nSPS) is 11.1. The lowest BCUT2D eigenvalue weighted by molar-refractivity contribution is 0.0982. The number of rotatable bonds is 5. The molecular formula is C26H20ClN3O2S. The van der Waals surface area contributed by atoms with Crippen LogP contribution in [0.2, 0.25) is 5.02 Å². The van der Waals surface area contributed by atoms with Crippen LogP contribution in [0, 0.1) is 6.92 Å². The Morgan fingerprint density at radius 2 is 1.88 bits per heavy atom. The number of hydrogen-bond donors (Lipinski definition) is 0. The molecular weight excluding hydrogens is 454 g/mol. The fraction of sp³-hybridized carbons (Fsp3) is 0.115. The largest absolute Gasteiger partial charge is 0.496 e. The quantitative estimate of drug-likeness (QED) is 0.286. The molecule has 7 heteroatoms. The predicted molar refractivity (Wildman–Crippen MR) is 135 cm³/mol. The highest BCUT2D eigenvalue weighted by Crippen LogP contribution is 2.36. The second kappa shape index (κ2) is 8.81. The Bertz CT molecular complexity index is 1480. The van der Waals surface area contributed by atoms with Crippen LogP contribution in [0.4, 0.5) is 5.13 Å². The van der Waals surface area contributed by atoms with Crippen molar-refractivity contribution < 1.29 is 9.53 Å². The highest BCUT2D eigenvalue weighted by molar-refractivity contribution is 7.22. The van der Waals surface area contributed by atoms with Gasteiger partial charge in [-0.2, -0.15) is 0 Å². The lowest BCUT2D eigenvalue weighted by Gasteiger charge is -2.21. The molecule has 0 saturated heterocycles. The zero-order chi connectivity index (χ0) is 22.9. The predicted octanol–water partition coefficient (Wildman–Crippen LogP) is 6.66. The molecule has 0 atom stereocenters. The number of amides is 1. The van der Waals surface area contributed by atoms with Crippen LogP contribution < -0.4 is 9.64 Å². The molecule has 1 amide bonds. The van der Waals surface area contributed by atoms with E-state index >= 15 is 0 Å². The van der Waals surface area contributed by atoms with Crippen LogP contribution >= 0.6 is 22.9 Å². The average Bonchev–Trinajstić information content (AvgIpc) is 3.26. The Morgan fingerprint density at radius 1 is 1.09 bits per heavy atom. The van der Waals surface area contributed by atoms with Gasteiger partial charge in [-0.25, -0.2) is 4.98 Å². The molecule has 0 spiro atoms. The molecule has 0 unspecified atom stereocenters. The van der Waals surface area contributed by atoms with E-state index in [-0.39, 0.29) is 5.91 Å². The summed E-state index contributed by atoms with van der Waals surface area (Å²) in [6.45, 7) is 2.30. The van der Waals surface area contributed by atoms with Gasteiger partial charge < -0.3 is 4.74 Å². The van der Waals surface area contributed by atoms with Gasteiger partial charge in [0.2, 0.25) is 0 Å². The molecule has 0 aliphatic rings. The smallest absolute Gasteiger partial charge is 0.264 e. The number of carbonyl (C=O) groups is 1. The Morgan fingerprint density at radius 3 is 2.61 bits per heavy atom. The Kier molecular flexibility index (Phi) is 5.70. The van der Waals surface area contributed by atoms with Crippen molar-refractivity contribution in [2.75, 3.05) is 12.0 Å². The van der Waals surface area contributed by atoms with Crippen molar-refractivity contribution in [1.29, 1.82) is 0 Å². The number of thiazole rings is 1. The summed E-state index contributed by atoms with van der Waals surface area (Å²) in [7, 11) is 1.58. The van der Waals surface area contributed by atoms with Gasteiger partial charge in [-0.1, -0.05) is 53.3 Å². The van der Waals surface area contributed by atoms with E-state index in [4.69, 9.17) is 21.3 Å². The molecule has 0 N–H and O–H groups in total. The number of aryl methyl sites for hydroxylation is 1. The van der Waals surface area contributed by atoms with Crippen LogP contribution in [0.15, 0.2) is 73.1 Å². The van der Waals surface area contributed by atoms with Gasteiger partial charge in [0.25, 0.3) is 5.91 Å². The number of benzene rings is 3. The van der Waals surface area contributed by atoms with Gasteiger partial charge in [0.1, 0.15) is 5.75 Å². The van der Waals surface area contributed by atoms with Crippen LogP contribution in [0.5, 0.6) is 5.75 Å². The minimum atomic E-state index is -0.190. The second-order valence-electron chi connectivity index (χ2n) is 7.72. The summed E-state index contributed by atoms with van der Waals surface area (Å²) in [5.41, 5.74) is 3.19. The van der Waals surface area contributed by atoms with Crippen LogP contribution in [-0.2, 0) is 6.54 Å². The molecule has 0 bridgehead atoms. The highest BCUT2D eigenvalue weighted by atomic mass is 35.5. The molecule has 0 radical (unpaired) electrons. The molecule has 5 aromatic rings. The molecule has 5 nitrogen and oxygen atoms in total. The summed E-state index contributed by atoms with van der Waals surface area (Å²) in [5.74, 6) is 0.333. The number of fused-ring (bicyclic) bond motifs is 2. The maximum absolute atomic E-state index is 14.0. The number of anilines is 1. The van der Waals surface area contributed by atoms with Crippen molar-refractivity contribution in [2.24, 2.45) is 0 Å². The zero-order valence-corrected chi connectivity index (χ0v) is 19.7. The lowest BCUT2D eigenvalue weighted by Crippen LogP contribution is -2.30. The average molecular weight is 474 g/mol. The fourth-order valence-electron chi connectivity index (χ4n) is 3.86. The molecule has 33 heavy (non-hydrogen) atoms. The van der Waals surface area contributed by atoms with Crippen molar-refractivity contribution in [3.8, 4) is 5.75 Å². The van der Waals surface area contributed by atoms with Crippen molar-refractivity contribution >= 4 is 55.0 Å². The molecule has 5 rings (SSSR count). The third kappa shape index (κ3) is 4.15. The first-order valence-electron chi connectivity index (χ1n) is 10.4. The first-order valence-corrected chi connectivity index (χ1v) is 11.6. The number of aromatic nitrogens is 2. The SMILES string of the molecule is COc1cc2ccccc2cc1C(=O)N(Cc1cccnc1)c1nc2c(C)cc(Cl)cc2s1. The summed E-state index contributed by atoms with van der Waals surface area (Å²) < 4.78 is 6.54. The summed E-state index contributed by atoms with van der Waals surface area (Å²) in [6, 6.07) is 19.2. The third-order valence-corrected chi connectivity index (χ3v) is 6.72. The summed E-state index contributed by atoms with van der Waals surface area (Å²) in [4.78, 5) is 24.7. The minimum Gasteiger partial charge on any atom is -0.496 e. The number of hydrogen-bond acceptors (Lipinski definition) is 5. The molecule has 2 aromatic heterocycles. The van der Waals surface area contributed by atoms with Crippen LogP contribution in [0.1, 0.15) is 21.5 Å². The van der Waals surface area contributed by atoms with Crippen molar-refractivity contribution in [3.63, 3.8) is 0 Å². The standard InChI is InChI=1S/C26H20ClN3O2S/c1-16-10-20(27)13-23-24(16)29-26(33-23)30(15-17-6-5-9-28-14-17)25(31)21-11-18-7-3-4-8-19(18)12-22(21)32-2/h3-14H,15H2,1-2H3. The van der Waals surface area contributed by atoms with Crippen LogP contribution in [-0.4, -0.2) is 23.0 Å². The van der Waals surface area contributed by atoms with Gasteiger partial charge in [0.15, 0.2) is 5.13 Å². The van der Waals surface area contributed by atoms with E-state index in [0.29, 0.717) is 28.0 Å². The van der Waals surface area contributed by atoms with Crippen molar-refractivity contribution in [1.82, 2.24) is 9.97 Å². The van der Waals surface area contributed by atoms with E-state index < -0.39 is 0 Å². The molecule has 164 valence electrons. The summed E-state index contributed by atoms with van der Waals surface area (Å²) >= 11 is 7.71. The maximum Gasteiger partial charge on any atom is 0.264 e. The van der Waals surface area contributed by atoms with Crippen molar-refractivity contribution in [2.45, 2.75) is 13.5 Å². The fourth-order valence-corrected chi connectivity index (χ4v) is 5.28. The van der Waals surface area contributed by atoms with Crippen LogP contribution in [0.25, 0.3) is 21.0 Å². The zero-order valence-electron chi connectivity index (χ0n) is 18.1. The number of pyridine rings is 1. The Labute approximate surface area is 200 Å². The molecule has 0 aliphatic heterocycles.